The Kier molecular flexibility index (Phi) is 8.29. The summed E-state index contributed by atoms with van der Waals surface area (Å²) in [4.78, 5) is 21.9. The zero-order valence-electron chi connectivity index (χ0n) is 31.3. The van der Waals surface area contributed by atoms with Crippen LogP contribution in [0.4, 0.5) is 0 Å². The molecule has 1 aromatic heterocycles. The number of nitrogens with two attached hydrogens (primary N) is 1. The number of rotatable bonds is 7. The Morgan fingerprint density at radius 3 is 2.62 bits per heavy atom. The minimum absolute atomic E-state index is 0.0137. The number of nitrogens with zero attached hydrogens (tertiary/aromatic N) is 2. The number of morpholine rings is 1. The number of fused-ring (bicyclic) bond motifs is 4. The number of imidazole rings is 1. The molecule has 280 valence electrons. The van der Waals surface area contributed by atoms with Crippen LogP contribution in [0.15, 0.2) is 12.5 Å². The molecule has 0 amide bonds. The predicted molar refractivity (Wildman–Crippen MR) is 185 cm³/mol. The fraction of sp³-hybridized carbons (Fsp3) is 0.897. The largest absolute Gasteiger partial charge is 0.457 e. The molecule has 7 fully saturated rings. The van der Waals surface area contributed by atoms with Gasteiger partial charge in [-0.1, -0.05) is 27.7 Å². The van der Waals surface area contributed by atoms with Gasteiger partial charge in [0, 0.05) is 31.9 Å². The van der Waals surface area contributed by atoms with E-state index < -0.39 is 41.5 Å². The lowest BCUT2D eigenvalue weighted by atomic mass is 9.43. The first kappa shape index (κ1) is 35.4. The van der Waals surface area contributed by atoms with Gasteiger partial charge in [0.2, 0.25) is 0 Å². The molecule has 7 aliphatic rings. The molecule has 0 aromatic carbocycles. The van der Waals surface area contributed by atoms with Crippen molar-refractivity contribution in [2.24, 2.45) is 51.1 Å². The van der Waals surface area contributed by atoms with Gasteiger partial charge in [0.25, 0.3) is 0 Å². The third-order valence-electron chi connectivity index (χ3n) is 16.0. The molecule has 3 heterocycles. The van der Waals surface area contributed by atoms with Crippen molar-refractivity contribution in [2.45, 2.75) is 154 Å². The summed E-state index contributed by atoms with van der Waals surface area (Å²) in [6.45, 7) is 17.2. The highest BCUT2D eigenvalue weighted by atomic mass is 16.7. The zero-order chi connectivity index (χ0) is 35.6. The number of aliphatic hydroxyl groups excluding tert-OH is 1. The van der Waals surface area contributed by atoms with Crippen molar-refractivity contribution < 1.29 is 34.0 Å². The molecule has 2 aliphatic heterocycles. The van der Waals surface area contributed by atoms with E-state index in [0.29, 0.717) is 18.9 Å². The van der Waals surface area contributed by atoms with Crippen LogP contribution in [0.1, 0.15) is 106 Å². The number of carbonyl (C=O) groups is 1. The van der Waals surface area contributed by atoms with Gasteiger partial charge in [0.15, 0.2) is 12.4 Å². The highest BCUT2D eigenvalue weighted by Crippen LogP contribution is 2.87. The van der Waals surface area contributed by atoms with Crippen molar-refractivity contribution in [3.8, 4) is 0 Å². The van der Waals surface area contributed by atoms with Crippen molar-refractivity contribution in [3.63, 3.8) is 0 Å². The Balaban J connectivity index is 1.01. The van der Waals surface area contributed by atoms with E-state index in [9.17, 15) is 15.0 Å². The van der Waals surface area contributed by atoms with Crippen LogP contribution >= 0.6 is 0 Å². The van der Waals surface area contributed by atoms with E-state index in [1.165, 1.54) is 13.3 Å². The molecule has 14 atom stereocenters. The maximum absolute atomic E-state index is 12.5. The summed E-state index contributed by atoms with van der Waals surface area (Å²) in [5.41, 5.74) is 6.89. The average molecular weight is 699 g/mol. The lowest BCUT2D eigenvalue weighted by Gasteiger charge is -2.63. The molecule has 2 spiro atoms. The van der Waals surface area contributed by atoms with E-state index in [1.807, 2.05) is 6.20 Å². The van der Waals surface area contributed by atoms with Gasteiger partial charge in [0.1, 0.15) is 0 Å². The summed E-state index contributed by atoms with van der Waals surface area (Å²) in [5.74, 6) is 0.570. The fourth-order valence-corrected chi connectivity index (χ4v) is 13.9. The molecule has 0 bridgehead atoms. The van der Waals surface area contributed by atoms with Crippen LogP contribution < -0.4 is 5.73 Å². The highest BCUT2D eigenvalue weighted by Gasteiger charge is 2.85. The van der Waals surface area contributed by atoms with Crippen LogP contribution in [0.3, 0.4) is 0 Å². The van der Waals surface area contributed by atoms with Crippen molar-refractivity contribution in [2.75, 3.05) is 19.7 Å². The lowest BCUT2D eigenvalue weighted by molar-refractivity contribution is -0.247. The molecular formula is C39H62N4O7. The van der Waals surface area contributed by atoms with E-state index in [2.05, 4.69) is 42.6 Å². The van der Waals surface area contributed by atoms with Crippen LogP contribution in [0.5, 0.6) is 0 Å². The SMILES string of the molecule is CC(=O)OC(C1CC(C)C2C(O1)C(O)C1(N)C3CCC4C(C)(C)C(OC5CN(Cc6cnc[nH]6)CCO5)CCC45CC35CCC21C)C(C)(C)O. The van der Waals surface area contributed by atoms with Gasteiger partial charge in [0.05, 0.1) is 55.0 Å². The second-order valence-electron chi connectivity index (χ2n) is 19.1. The number of aromatic amines is 1. The molecule has 2 saturated heterocycles. The van der Waals surface area contributed by atoms with Gasteiger partial charge in [-0.15, -0.1) is 0 Å². The first-order chi connectivity index (χ1) is 23.5. The highest BCUT2D eigenvalue weighted by molar-refractivity contribution is 5.66. The Bertz CT molecular complexity index is 1450. The molecule has 14 unspecified atom stereocenters. The number of aliphatic hydroxyl groups is 2. The van der Waals surface area contributed by atoms with Crippen molar-refractivity contribution in [1.29, 1.82) is 0 Å². The summed E-state index contributed by atoms with van der Waals surface area (Å²) in [7, 11) is 0. The number of hydrogen-bond donors (Lipinski definition) is 4. The molecule has 0 radical (unpaired) electrons. The van der Waals surface area contributed by atoms with Gasteiger partial charge in [-0.3, -0.25) is 9.69 Å². The normalized spacial score (nSPS) is 48.7. The summed E-state index contributed by atoms with van der Waals surface area (Å²) >= 11 is 0. The number of nitrogens with one attached hydrogen (secondary N) is 1. The summed E-state index contributed by atoms with van der Waals surface area (Å²) in [5, 5.41) is 23.5. The Morgan fingerprint density at radius 2 is 1.92 bits per heavy atom. The second-order valence-corrected chi connectivity index (χ2v) is 19.1. The Hall–Kier alpha value is -1.60. The van der Waals surface area contributed by atoms with Crippen LogP contribution in [0, 0.1) is 45.3 Å². The first-order valence-electron chi connectivity index (χ1n) is 19.5. The third-order valence-corrected chi connectivity index (χ3v) is 16.0. The molecule has 8 rings (SSSR count). The molecule has 50 heavy (non-hydrogen) atoms. The Morgan fingerprint density at radius 1 is 1.18 bits per heavy atom. The van der Waals surface area contributed by atoms with Gasteiger partial charge in [-0.2, -0.15) is 0 Å². The Labute approximate surface area is 297 Å². The van der Waals surface area contributed by atoms with Gasteiger partial charge in [-0.05, 0) is 111 Å². The van der Waals surface area contributed by atoms with E-state index >= 15 is 0 Å². The molecule has 11 heteroatoms. The molecule has 5 aliphatic carbocycles. The minimum Gasteiger partial charge on any atom is -0.457 e. The molecule has 5 saturated carbocycles. The number of H-pyrrole nitrogens is 1. The number of esters is 1. The maximum Gasteiger partial charge on any atom is 0.303 e. The van der Waals surface area contributed by atoms with E-state index in [1.54, 1.807) is 20.2 Å². The number of aromatic nitrogens is 2. The fourth-order valence-electron chi connectivity index (χ4n) is 13.9. The smallest absolute Gasteiger partial charge is 0.303 e. The van der Waals surface area contributed by atoms with Crippen molar-refractivity contribution in [3.05, 3.63) is 18.2 Å². The average Bonchev–Trinajstić information content (AvgIpc) is 3.33. The maximum atomic E-state index is 12.5. The second kappa shape index (κ2) is 11.7. The van der Waals surface area contributed by atoms with Crippen molar-refractivity contribution in [1.82, 2.24) is 14.9 Å². The third kappa shape index (κ3) is 4.92. The van der Waals surface area contributed by atoms with Crippen LogP contribution in [-0.2, 0) is 30.3 Å². The van der Waals surface area contributed by atoms with Gasteiger partial charge in [-0.25, -0.2) is 4.98 Å². The number of hydrogen-bond acceptors (Lipinski definition) is 10. The first-order valence-corrected chi connectivity index (χ1v) is 19.5. The molecule has 5 N–H and O–H groups in total. The van der Waals surface area contributed by atoms with Crippen LogP contribution in [0.25, 0.3) is 0 Å². The number of ether oxygens (including phenoxy) is 4. The van der Waals surface area contributed by atoms with Crippen LogP contribution in [0.2, 0.25) is 0 Å². The summed E-state index contributed by atoms with van der Waals surface area (Å²) in [6, 6.07) is 0. The quantitative estimate of drug-likeness (QED) is 0.306. The van der Waals surface area contributed by atoms with Gasteiger partial charge < -0.3 is 39.9 Å². The summed E-state index contributed by atoms with van der Waals surface area (Å²) < 4.78 is 25.6. The predicted octanol–water partition coefficient (Wildman–Crippen LogP) is 4.16. The molecular weight excluding hydrogens is 636 g/mol. The minimum atomic E-state index is -1.29. The van der Waals surface area contributed by atoms with E-state index in [-0.39, 0.29) is 51.8 Å². The summed E-state index contributed by atoms with van der Waals surface area (Å²) in [6.07, 6.45) is 9.04. The zero-order valence-corrected chi connectivity index (χ0v) is 31.3. The van der Waals surface area contributed by atoms with E-state index in [4.69, 9.17) is 24.7 Å². The number of carbonyl (C=O) groups excluding carboxylic acids is 1. The van der Waals surface area contributed by atoms with Crippen molar-refractivity contribution >= 4 is 5.97 Å². The lowest BCUT2D eigenvalue weighted by Crippen LogP contribution is -2.70. The standard InChI is InChI=1S/C39H62N4O7/c1-22-16-25(33(35(5,6)46)48-23(2)44)49-31-30(22)36(7)12-13-38-20-37(38)11-10-28(34(3,4)26(37)8-9-27(38)39(36,40)32(31)45)50-29-19-43(14-15-47-29)18-24-17-41-21-42-24/h17,21-22,25-33,45-46H,8-16,18-20,40H2,1-7H3,(H,41,42). The molecule has 1 aromatic rings. The van der Waals surface area contributed by atoms with Crippen LogP contribution in [-0.4, -0.2) is 98.7 Å². The van der Waals surface area contributed by atoms with Gasteiger partial charge >= 0.3 is 5.97 Å². The molecule has 11 nitrogen and oxygen atoms in total. The topological polar surface area (TPSA) is 152 Å². The van der Waals surface area contributed by atoms with E-state index in [0.717, 1.165) is 63.9 Å². The monoisotopic (exact) mass is 698 g/mol.